The van der Waals surface area contributed by atoms with Gasteiger partial charge in [-0.05, 0) is 42.3 Å². The molecule has 5 nitrogen and oxygen atoms in total. The van der Waals surface area contributed by atoms with E-state index in [1.165, 1.54) is 6.07 Å². The molecule has 2 amide bonds. The topological polar surface area (TPSA) is 61.4 Å². The van der Waals surface area contributed by atoms with Crippen LogP contribution in [0.1, 0.15) is 12.0 Å². The number of aryl methyl sites for hydroxylation is 1. The molecule has 0 aromatic heterocycles. The van der Waals surface area contributed by atoms with Gasteiger partial charge in [-0.25, -0.2) is 4.39 Å². The second-order valence-electron chi connectivity index (χ2n) is 5.96. The lowest BCUT2D eigenvalue weighted by Gasteiger charge is -2.28. The van der Waals surface area contributed by atoms with Crippen molar-refractivity contribution in [3.05, 3.63) is 59.9 Å². The van der Waals surface area contributed by atoms with Crippen molar-refractivity contribution in [3.8, 4) is 0 Å². The molecule has 0 spiro atoms. The predicted molar refractivity (Wildman–Crippen MR) is 95.0 cm³/mol. The number of piperazine rings is 1. The molecular weight excluding hydrogens is 321 g/mol. The molecule has 0 atom stereocenters. The predicted octanol–water partition coefficient (Wildman–Crippen LogP) is 2.33. The van der Waals surface area contributed by atoms with E-state index in [-0.39, 0.29) is 24.1 Å². The van der Waals surface area contributed by atoms with Gasteiger partial charge in [-0.1, -0.05) is 18.2 Å². The molecule has 130 valence electrons. The number of hydrogen-bond acceptors (Lipinski definition) is 3. The summed E-state index contributed by atoms with van der Waals surface area (Å²) in [5, 5.41) is 5.60. The highest BCUT2D eigenvalue weighted by molar-refractivity contribution is 5.91. The van der Waals surface area contributed by atoms with Gasteiger partial charge in [-0.15, -0.1) is 0 Å². The van der Waals surface area contributed by atoms with Crippen molar-refractivity contribution in [2.45, 2.75) is 12.8 Å². The molecule has 25 heavy (non-hydrogen) atoms. The Kier molecular flexibility index (Phi) is 5.28. The molecular formula is C19H20FN3O2. The van der Waals surface area contributed by atoms with Gasteiger partial charge in [0.15, 0.2) is 0 Å². The van der Waals surface area contributed by atoms with Crippen molar-refractivity contribution in [3.63, 3.8) is 0 Å². The molecule has 1 aliphatic heterocycles. The summed E-state index contributed by atoms with van der Waals surface area (Å²) in [6.45, 7) is 1.74. The average molecular weight is 341 g/mol. The van der Waals surface area contributed by atoms with Crippen LogP contribution in [0.4, 0.5) is 15.8 Å². The Balaban J connectivity index is 1.53. The number of hydrogen-bond donors (Lipinski definition) is 2. The van der Waals surface area contributed by atoms with Gasteiger partial charge < -0.3 is 15.5 Å². The van der Waals surface area contributed by atoms with Gasteiger partial charge >= 0.3 is 0 Å². The van der Waals surface area contributed by atoms with Crippen LogP contribution in [0, 0.1) is 5.82 Å². The summed E-state index contributed by atoms with van der Waals surface area (Å²) >= 11 is 0. The minimum absolute atomic E-state index is 0.0109. The zero-order valence-electron chi connectivity index (χ0n) is 13.8. The molecule has 0 aliphatic carbocycles. The molecule has 6 heteroatoms. The fourth-order valence-electron chi connectivity index (χ4n) is 2.79. The van der Waals surface area contributed by atoms with Crippen molar-refractivity contribution >= 4 is 23.2 Å². The lowest BCUT2D eigenvalue weighted by Crippen LogP contribution is -2.47. The molecule has 1 fully saturated rings. The van der Waals surface area contributed by atoms with Crippen LogP contribution in [0.5, 0.6) is 0 Å². The zero-order valence-corrected chi connectivity index (χ0v) is 13.8. The summed E-state index contributed by atoms with van der Waals surface area (Å²) in [7, 11) is 0. The van der Waals surface area contributed by atoms with Crippen molar-refractivity contribution in [1.82, 2.24) is 5.32 Å². The summed E-state index contributed by atoms with van der Waals surface area (Å²) < 4.78 is 13.6. The fraction of sp³-hybridized carbons (Fsp3) is 0.263. The lowest BCUT2D eigenvalue weighted by molar-refractivity contribution is -0.120. The number of carbonyl (C=O) groups is 2. The largest absolute Gasteiger partial charge is 0.360 e. The summed E-state index contributed by atoms with van der Waals surface area (Å²) in [5.74, 6) is -0.435. The van der Waals surface area contributed by atoms with Crippen molar-refractivity contribution in [2.24, 2.45) is 0 Å². The Labute approximate surface area is 145 Å². The van der Waals surface area contributed by atoms with E-state index in [4.69, 9.17) is 0 Å². The molecule has 2 aromatic carbocycles. The Morgan fingerprint density at radius 2 is 1.92 bits per heavy atom. The van der Waals surface area contributed by atoms with E-state index in [2.05, 4.69) is 10.6 Å². The van der Waals surface area contributed by atoms with E-state index in [0.717, 1.165) is 12.2 Å². The number of carbonyl (C=O) groups excluding carboxylic acids is 2. The maximum absolute atomic E-state index is 13.6. The second-order valence-corrected chi connectivity index (χ2v) is 5.96. The van der Waals surface area contributed by atoms with Crippen molar-refractivity contribution in [1.29, 1.82) is 0 Å². The monoisotopic (exact) mass is 341 g/mol. The maximum Gasteiger partial charge on any atom is 0.239 e. The first-order valence-corrected chi connectivity index (χ1v) is 8.27. The van der Waals surface area contributed by atoms with Crippen molar-refractivity contribution in [2.75, 3.05) is 29.9 Å². The van der Waals surface area contributed by atoms with E-state index in [0.29, 0.717) is 30.8 Å². The van der Waals surface area contributed by atoms with Crippen LogP contribution in [-0.2, 0) is 16.0 Å². The third-order valence-electron chi connectivity index (χ3n) is 4.13. The maximum atomic E-state index is 13.6. The van der Waals surface area contributed by atoms with Crippen LogP contribution in [0.3, 0.4) is 0 Å². The molecule has 2 aromatic rings. The minimum atomic E-state index is -0.287. The molecule has 3 rings (SSSR count). The third kappa shape index (κ3) is 4.56. The average Bonchev–Trinajstić information content (AvgIpc) is 2.62. The summed E-state index contributed by atoms with van der Waals surface area (Å²) in [4.78, 5) is 25.5. The minimum Gasteiger partial charge on any atom is -0.360 e. The highest BCUT2D eigenvalue weighted by atomic mass is 19.1. The summed E-state index contributed by atoms with van der Waals surface area (Å²) in [6, 6.07) is 13.9. The Bertz CT molecular complexity index is 762. The molecule has 0 bridgehead atoms. The van der Waals surface area contributed by atoms with Gasteiger partial charge in [0.1, 0.15) is 5.82 Å². The van der Waals surface area contributed by atoms with E-state index in [1.54, 1.807) is 18.2 Å². The number of benzene rings is 2. The van der Waals surface area contributed by atoms with Gasteiger partial charge in [0, 0.05) is 30.9 Å². The van der Waals surface area contributed by atoms with Crippen molar-refractivity contribution < 1.29 is 14.0 Å². The van der Waals surface area contributed by atoms with Crippen LogP contribution in [-0.4, -0.2) is 31.4 Å². The van der Waals surface area contributed by atoms with E-state index in [1.807, 2.05) is 29.2 Å². The molecule has 0 saturated carbocycles. The van der Waals surface area contributed by atoms with Crippen LogP contribution >= 0.6 is 0 Å². The SMILES string of the molecule is O=C1CN(c2ccc(NC(=O)CCc3ccccc3F)cc2)CCN1. The molecule has 1 saturated heterocycles. The van der Waals surface area contributed by atoms with Crippen LogP contribution < -0.4 is 15.5 Å². The number of nitrogens with zero attached hydrogens (tertiary/aromatic N) is 1. The molecule has 1 heterocycles. The third-order valence-corrected chi connectivity index (χ3v) is 4.13. The molecule has 2 N–H and O–H groups in total. The standard InChI is InChI=1S/C19H20FN3O2/c20-17-4-2-1-3-14(17)5-10-18(24)22-15-6-8-16(9-7-15)23-12-11-21-19(25)13-23/h1-4,6-9H,5,10-13H2,(H,21,25)(H,22,24). The molecule has 0 radical (unpaired) electrons. The van der Waals surface area contributed by atoms with Gasteiger partial charge in [0.05, 0.1) is 6.54 Å². The van der Waals surface area contributed by atoms with Gasteiger partial charge in [-0.3, -0.25) is 9.59 Å². The smallest absolute Gasteiger partial charge is 0.239 e. The number of halogens is 1. The first kappa shape index (κ1) is 17.0. The number of amides is 2. The highest BCUT2D eigenvalue weighted by Crippen LogP contribution is 2.19. The normalized spacial score (nSPS) is 14.1. The fourth-order valence-corrected chi connectivity index (χ4v) is 2.79. The first-order chi connectivity index (χ1) is 12.1. The number of nitrogens with one attached hydrogen (secondary N) is 2. The van der Waals surface area contributed by atoms with E-state index < -0.39 is 0 Å². The molecule has 0 unspecified atom stereocenters. The Morgan fingerprint density at radius 3 is 2.64 bits per heavy atom. The van der Waals surface area contributed by atoms with E-state index in [9.17, 15) is 14.0 Å². The number of rotatable bonds is 5. The Morgan fingerprint density at radius 1 is 1.16 bits per heavy atom. The first-order valence-electron chi connectivity index (χ1n) is 8.27. The van der Waals surface area contributed by atoms with Crippen LogP contribution in [0.15, 0.2) is 48.5 Å². The lowest BCUT2D eigenvalue weighted by atomic mass is 10.1. The van der Waals surface area contributed by atoms with Crippen LogP contribution in [0.25, 0.3) is 0 Å². The van der Waals surface area contributed by atoms with Crippen LogP contribution in [0.2, 0.25) is 0 Å². The summed E-state index contributed by atoms with van der Waals surface area (Å²) in [6.07, 6.45) is 0.578. The second kappa shape index (κ2) is 7.79. The highest BCUT2D eigenvalue weighted by Gasteiger charge is 2.16. The van der Waals surface area contributed by atoms with Gasteiger partial charge in [0.25, 0.3) is 0 Å². The zero-order chi connectivity index (χ0) is 17.6. The van der Waals surface area contributed by atoms with Gasteiger partial charge in [-0.2, -0.15) is 0 Å². The molecule has 1 aliphatic rings. The number of anilines is 2. The Hall–Kier alpha value is -2.89. The summed E-state index contributed by atoms with van der Waals surface area (Å²) in [5.41, 5.74) is 2.17. The van der Waals surface area contributed by atoms with E-state index >= 15 is 0 Å². The quantitative estimate of drug-likeness (QED) is 0.877. The van der Waals surface area contributed by atoms with Gasteiger partial charge in [0.2, 0.25) is 11.8 Å².